The molecule has 1 aromatic heterocycles. The highest BCUT2D eigenvalue weighted by atomic mass is 32.2. The molecule has 1 rings (SSSR count). The van der Waals surface area contributed by atoms with Crippen LogP contribution in [0.5, 0.6) is 0 Å². The van der Waals surface area contributed by atoms with Gasteiger partial charge in [-0.3, -0.25) is 0 Å². The molecular weight excluding hydrogens is 210 g/mol. The predicted molar refractivity (Wildman–Crippen MR) is 63.0 cm³/mol. The van der Waals surface area contributed by atoms with Crippen LogP contribution in [0.2, 0.25) is 0 Å². The van der Waals surface area contributed by atoms with Gasteiger partial charge in [0.1, 0.15) is 12.2 Å². The zero-order chi connectivity index (χ0) is 11.3. The van der Waals surface area contributed by atoms with Crippen LogP contribution in [-0.4, -0.2) is 38.0 Å². The lowest BCUT2D eigenvalue weighted by Crippen LogP contribution is -2.19. The van der Waals surface area contributed by atoms with Crippen molar-refractivity contribution in [1.82, 2.24) is 14.8 Å². The van der Waals surface area contributed by atoms with Crippen molar-refractivity contribution in [2.24, 2.45) is 5.92 Å². The highest BCUT2D eigenvalue weighted by Crippen LogP contribution is 2.06. The van der Waals surface area contributed by atoms with E-state index in [1.54, 1.807) is 18.1 Å². The summed E-state index contributed by atoms with van der Waals surface area (Å²) in [5.74, 6) is 2.17. The van der Waals surface area contributed by atoms with Crippen LogP contribution in [-0.2, 0) is 13.0 Å². The Labute approximate surface area is 95.1 Å². The normalized spacial score (nSPS) is 13.4. The molecule has 1 atom stereocenters. The van der Waals surface area contributed by atoms with E-state index in [-0.39, 0.29) is 6.10 Å². The number of aliphatic hydroxyl groups excluding tert-OH is 1. The zero-order valence-corrected chi connectivity index (χ0v) is 10.4. The van der Waals surface area contributed by atoms with E-state index in [4.69, 9.17) is 0 Å². The first-order valence-electron chi connectivity index (χ1n) is 5.17. The molecule has 0 aliphatic carbocycles. The summed E-state index contributed by atoms with van der Waals surface area (Å²) >= 11 is 1.64. The van der Waals surface area contributed by atoms with E-state index in [1.807, 2.05) is 10.9 Å². The Bertz CT molecular complexity index is 288. The van der Waals surface area contributed by atoms with E-state index >= 15 is 0 Å². The fourth-order valence-corrected chi connectivity index (χ4v) is 1.91. The SMILES string of the molecule is CSCC(O)Cc1ncnn1CC(C)C. The summed E-state index contributed by atoms with van der Waals surface area (Å²) in [6, 6.07) is 0. The van der Waals surface area contributed by atoms with Crippen LogP contribution in [0.3, 0.4) is 0 Å². The minimum absolute atomic E-state index is 0.324. The van der Waals surface area contributed by atoms with E-state index in [1.165, 1.54) is 0 Å². The molecule has 4 nitrogen and oxygen atoms in total. The van der Waals surface area contributed by atoms with Gasteiger partial charge in [-0.2, -0.15) is 16.9 Å². The van der Waals surface area contributed by atoms with Gasteiger partial charge in [-0.25, -0.2) is 9.67 Å². The molecule has 0 spiro atoms. The number of aromatic nitrogens is 3. The van der Waals surface area contributed by atoms with Crippen LogP contribution >= 0.6 is 11.8 Å². The second-order valence-electron chi connectivity index (χ2n) is 4.07. The first-order chi connectivity index (χ1) is 7.13. The number of thioether (sulfide) groups is 1. The van der Waals surface area contributed by atoms with Gasteiger partial charge in [-0.1, -0.05) is 13.8 Å². The number of aliphatic hydroxyl groups is 1. The highest BCUT2D eigenvalue weighted by molar-refractivity contribution is 7.98. The van der Waals surface area contributed by atoms with Crippen LogP contribution in [0, 0.1) is 5.92 Å². The fraction of sp³-hybridized carbons (Fsp3) is 0.800. The Hall–Kier alpha value is -0.550. The molecule has 0 fully saturated rings. The molecule has 1 unspecified atom stereocenters. The van der Waals surface area contributed by atoms with Crippen molar-refractivity contribution in [3.8, 4) is 0 Å². The van der Waals surface area contributed by atoms with Gasteiger partial charge in [0.15, 0.2) is 0 Å². The van der Waals surface area contributed by atoms with Crippen molar-refractivity contribution < 1.29 is 5.11 Å². The fourth-order valence-electron chi connectivity index (χ4n) is 1.41. The Morgan fingerprint density at radius 3 is 2.87 bits per heavy atom. The Morgan fingerprint density at radius 2 is 2.27 bits per heavy atom. The smallest absolute Gasteiger partial charge is 0.138 e. The molecule has 0 aromatic carbocycles. The molecule has 0 bridgehead atoms. The number of nitrogens with zero attached hydrogens (tertiary/aromatic N) is 3. The molecule has 86 valence electrons. The van der Waals surface area contributed by atoms with E-state index in [2.05, 4.69) is 23.9 Å². The minimum atomic E-state index is -0.324. The summed E-state index contributed by atoms with van der Waals surface area (Å²) in [6.07, 6.45) is 3.81. The summed E-state index contributed by atoms with van der Waals surface area (Å²) in [7, 11) is 0. The Morgan fingerprint density at radius 1 is 1.53 bits per heavy atom. The molecule has 1 N–H and O–H groups in total. The molecule has 15 heavy (non-hydrogen) atoms. The number of rotatable bonds is 6. The first-order valence-corrected chi connectivity index (χ1v) is 6.56. The molecule has 0 radical (unpaired) electrons. The third-order valence-electron chi connectivity index (χ3n) is 2.01. The van der Waals surface area contributed by atoms with Crippen LogP contribution in [0.1, 0.15) is 19.7 Å². The molecule has 1 aromatic rings. The standard InChI is InChI=1S/C10H19N3OS/c1-8(2)5-13-10(11-7-12-13)4-9(14)6-15-3/h7-9,14H,4-6H2,1-3H3. The molecule has 0 aliphatic heterocycles. The van der Waals surface area contributed by atoms with Gasteiger partial charge >= 0.3 is 0 Å². The average molecular weight is 229 g/mol. The maximum Gasteiger partial charge on any atom is 0.138 e. The van der Waals surface area contributed by atoms with E-state index < -0.39 is 0 Å². The van der Waals surface area contributed by atoms with E-state index in [9.17, 15) is 5.11 Å². The molecule has 0 aliphatic rings. The topological polar surface area (TPSA) is 50.9 Å². The number of hydrogen-bond donors (Lipinski definition) is 1. The lowest BCUT2D eigenvalue weighted by atomic mass is 10.2. The maximum atomic E-state index is 9.68. The number of hydrogen-bond acceptors (Lipinski definition) is 4. The molecular formula is C10H19N3OS. The molecule has 0 saturated heterocycles. The predicted octanol–water partition coefficient (Wildman–Crippen LogP) is 1.20. The highest BCUT2D eigenvalue weighted by Gasteiger charge is 2.11. The van der Waals surface area contributed by atoms with Crippen LogP contribution in [0.25, 0.3) is 0 Å². The molecule has 0 saturated carbocycles. The van der Waals surface area contributed by atoms with Crippen molar-refractivity contribution >= 4 is 11.8 Å². The van der Waals surface area contributed by atoms with Gasteiger partial charge < -0.3 is 5.11 Å². The first kappa shape index (κ1) is 12.5. The van der Waals surface area contributed by atoms with E-state index in [0.29, 0.717) is 12.3 Å². The van der Waals surface area contributed by atoms with E-state index in [0.717, 1.165) is 18.1 Å². The zero-order valence-electron chi connectivity index (χ0n) is 9.55. The van der Waals surface area contributed by atoms with Gasteiger partial charge in [0.05, 0.1) is 6.10 Å². The van der Waals surface area contributed by atoms with Gasteiger partial charge in [-0.05, 0) is 12.2 Å². The van der Waals surface area contributed by atoms with Crippen molar-refractivity contribution in [1.29, 1.82) is 0 Å². The lowest BCUT2D eigenvalue weighted by Gasteiger charge is -2.11. The summed E-state index contributed by atoms with van der Waals surface area (Å²) in [5.41, 5.74) is 0. The van der Waals surface area contributed by atoms with Gasteiger partial charge in [-0.15, -0.1) is 0 Å². The summed E-state index contributed by atoms with van der Waals surface area (Å²) < 4.78 is 1.88. The summed E-state index contributed by atoms with van der Waals surface area (Å²) in [6.45, 7) is 5.15. The average Bonchev–Trinajstić information content (AvgIpc) is 2.52. The van der Waals surface area contributed by atoms with Crippen molar-refractivity contribution in [3.05, 3.63) is 12.2 Å². The summed E-state index contributed by atoms with van der Waals surface area (Å²) in [4.78, 5) is 4.17. The van der Waals surface area contributed by atoms with Gasteiger partial charge in [0.2, 0.25) is 0 Å². The molecule has 0 amide bonds. The third-order valence-corrected chi connectivity index (χ3v) is 2.73. The third kappa shape index (κ3) is 4.22. The van der Waals surface area contributed by atoms with Crippen molar-refractivity contribution in [2.45, 2.75) is 32.9 Å². The molecule has 1 heterocycles. The van der Waals surface area contributed by atoms with Crippen LogP contribution in [0.4, 0.5) is 0 Å². The van der Waals surface area contributed by atoms with Crippen LogP contribution in [0.15, 0.2) is 6.33 Å². The second-order valence-corrected chi connectivity index (χ2v) is 4.98. The Balaban J connectivity index is 2.56. The Kier molecular flexibility index (Phi) is 5.11. The minimum Gasteiger partial charge on any atom is -0.392 e. The maximum absolute atomic E-state index is 9.68. The molecule has 5 heteroatoms. The van der Waals surface area contributed by atoms with Gasteiger partial charge in [0.25, 0.3) is 0 Å². The second kappa shape index (κ2) is 6.12. The van der Waals surface area contributed by atoms with Gasteiger partial charge in [0, 0.05) is 18.7 Å². The van der Waals surface area contributed by atoms with Crippen LogP contribution < -0.4 is 0 Å². The quantitative estimate of drug-likeness (QED) is 0.796. The van der Waals surface area contributed by atoms with Crippen molar-refractivity contribution in [3.63, 3.8) is 0 Å². The largest absolute Gasteiger partial charge is 0.392 e. The monoisotopic (exact) mass is 229 g/mol. The lowest BCUT2D eigenvalue weighted by molar-refractivity contribution is 0.195. The summed E-state index contributed by atoms with van der Waals surface area (Å²) in [5, 5.41) is 13.8. The van der Waals surface area contributed by atoms with Crippen molar-refractivity contribution in [2.75, 3.05) is 12.0 Å².